The molecule has 2 aliphatic rings. The van der Waals surface area contributed by atoms with Gasteiger partial charge in [-0.05, 0) is 56.5 Å². The first-order chi connectivity index (χ1) is 18.5. The predicted molar refractivity (Wildman–Crippen MR) is 145 cm³/mol. The Morgan fingerprint density at radius 3 is 2.71 bits per heavy atom. The quantitative estimate of drug-likeness (QED) is 0.364. The standard InChI is InChI=1S/C28H32N8O2/c1-18(2)38-26-15-23(30-17-31-26)21-5-6-22-24(14-21)33-28(32-22)34-25-13-19(7-8-29-25)16-35-9-11-36(12-10-35)27(37)20-3-4-20/h5-8,13-15,17-18,20H,3-4,9-12,16H2,1-2H3,(H2,29,32,33,34). The van der Waals surface area contributed by atoms with Crippen molar-refractivity contribution in [2.75, 3.05) is 31.5 Å². The first-order valence-corrected chi connectivity index (χ1v) is 13.2. The molecule has 4 aromatic rings. The molecular formula is C28H32N8O2. The van der Waals surface area contributed by atoms with Crippen molar-refractivity contribution in [2.24, 2.45) is 5.92 Å². The summed E-state index contributed by atoms with van der Waals surface area (Å²) in [7, 11) is 0. The Morgan fingerprint density at radius 1 is 1.08 bits per heavy atom. The van der Waals surface area contributed by atoms with Gasteiger partial charge in [-0.2, -0.15) is 0 Å². The van der Waals surface area contributed by atoms with Crippen LogP contribution in [0.2, 0.25) is 0 Å². The maximum absolute atomic E-state index is 12.3. The van der Waals surface area contributed by atoms with Gasteiger partial charge >= 0.3 is 0 Å². The number of nitrogens with zero attached hydrogens (tertiary/aromatic N) is 6. The highest BCUT2D eigenvalue weighted by atomic mass is 16.5. The number of hydrogen-bond donors (Lipinski definition) is 2. The Hall–Kier alpha value is -4.05. The molecule has 1 saturated heterocycles. The van der Waals surface area contributed by atoms with E-state index >= 15 is 0 Å². The predicted octanol–water partition coefficient (Wildman–Crippen LogP) is 4.00. The molecule has 10 heteroatoms. The van der Waals surface area contributed by atoms with Gasteiger partial charge in [-0.15, -0.1) is 0 Å². The van der Waals surface area contributed by atoms with Gasteiger partial charge in [0.15, 0.2) is 0 Å². The molecule has 0 spiro atoms. The molecule has 196 valence electrons. The number of pyridine rings is 1. The molecule has 1 aromatic carbocycles. The molecule has 1 saturated carbocycles. The number of carbonyl (C=O) groups is 1. The minimum Gasteiger partial charge on any atom is -0.475 e. The number of aromatic nitrogens is 5. The van der Waals surface area contributed by atoms with Crippen LogP contribution in [0, 0.1) is 5.92 Å². The number of amides is 1. The van der Waals surface area contributed by atoms with Gasteiger partial charge in [0.2, 0.25) is 17.7 Å². The van der Waals surface area contributed by atoms with Crippen molar-refractivity contribution in [2.45, 2.75) is 39.3 Å². The number of aromatic amines is 1. The molecule has 10 nitrogen and oxygen atoms in total. The van der Waals surface area contributed by atoms with E-state index in [2.05, 4.69) is 41.2 Å². The Kier molecular flexibility index (Phi) is 6.63. The average molecular weight is 513 g/mol. The lowest BCUT2D eigenvalue weighted by molar-refractivity contribution is -0.134. The van der Waals surface area contributed by atoms with Crippen molar-refractivity contribution in [3.63, 3.8) is 0 Å². The highest BCUT2D eigenvalue weighted by molar-refractivity contribution is 5.83. The summed E-state index contributed by atoms with van der Waals surface area (Å²) in [5, 5.41) is 3.31. The Bertz CT molecular complexity index is 1440. The van der Waals surface area contributed by atoms with Crippen molar-refractivity contribution in [3.8, 4) is 17.1 Å². The summed E-state index contributed by atoms with van der Waals surface area (Å²) in [5.41, 5.74) is 4.64. The van der Waals surface area contributed by atoms with Gasteiger partial charge in [0, 0.05) is 56.5 Å². The summed E-state index contributed by atoms with van der Waals surface area (Å²) in [5.74, 6) is 2.55. The lowest BCUT2D eigenvalue weighted by atomic mass is 10.1. The number of imidazole rings is 1. The molecule has 38 heavy (non-hydrogen) atoms. The number of ether oxygens (including phenoxy) is 1. The fourth-order valence-corrected chi connectivity index (χ4v) is 4.77. The van der Waals surface area contributed by atoms with E-state index in [0.29, 0.717) is 23.7 Å². The third kappa shape index (κ3) is 5.60. The first kappa shape index (κ1) is 24.3. The SMILES string of the molecule is CC(C)Oc1cc(-c2ccc3nc(Nc4cc(CN5CCN(C(=O)C6CC6)CC5)ccn4)[nH]c3c2)ncn1. The molecule has 1 amide bonds. The van der Waals surface area contributed by atoms with Gasteiger partial charge < -0.3 is 19.9 Å². The zero-order chi connectivity index (χ0) is 26.1. The molecular weight excluding hydrogens is 480 g/mol. The maximum Gasteiger partial charge on any atom is 0.225 e. The lowest BCUT2D eigenvalue weighted by Gasteiger charge is -2.34. The normalized spacial score (nSPS) is 16.2. The molecule has 0 radical (unpaired) electrons. The summed E-state index contributed by atoms with van der Waals surface area (Å²) in [6, 6.07) is 11.9. The number of hydrogen-bond acceptors (Lipinski definition) is 8. The molecule has 2 fully saturated rings. The zero-order valence-electron chi connectivity index (χ0n) is 21.7. The molecule has 0 unspecified atom stereocenters. The second-order valence-corrected chi connectivity index (χ2v) is 10.3. The largest absolute Gasteiger partial charge is 0.475 e. The van der Waals surface area contributed by atoms with Crippen molar-refractivity contribution >= 4 is 28.7 Å². The second-order valence-electron chi connectivity index (χ2n) is 10.3. The molecule has 6 rings (SSSR count). The number of nitrogens with one attached hydrogen (secondary N) is 2. The zero-order valence-corrected chi connectivity index (χ0v) is 21.7. The minimum atomic E-state index is 0.0430. The molecule has 1 aliphatic heterocycles. The molecule has 3 aromatic heterocycles. The molecule has 4 heterocycles. The van der Waals surface area contributed by atoms with E-state index in [9.17, 15) is 4.79 Å². The summed E-state index contributed by atoms with van der Waals surface area (Å²) in [6.45, 7) is 8.18. The van der Waals surface area contributed by atoms with Crippen LogP contribution in [0.5, 0.6) is 5.88 Å². The summed E-state index contributed by atoms with van der Waals surface area (Å²) in [6.07, 6.45) is 5.51. The van der Waals surface area contributed by atoms with Crippen LogP contribution in [0.25, 0.3) is 22.3 Å². The number of anilines is 2. The number of piperazine rings is 1. The number of benzene rings is 1. The van der Waals surface area contributed by atoms with Crippen LogP contribution in [0.3, 0.4) is 0 Å². The summed E-state index contributed by atoms with van der Waals surface area (Å²) >= 11 is 0. The van der Waals surface area contributed by atoms with E-state index in [0.717, 1.165) is 73.7 Å². The van der Waals surface area contributed by atoms with Gasteiger partial charge in [0.1, 0.15) is 12.1 Å². The van der Waals surface area contributed by atoms with Crippen LogP contribution in [-0.2, 0) is 11.3 Å². The Morgan fingerprint density at radius 2 is 1.92 bits per heavy atom. The van der Waals surface area contributed by atoms with Gasteiger partial charge in [0.05, 0.1) is 22.8 Å². The van der Waals surface area contributed by atoms with E-state index in [1.165, 1.54) is 11.9 Å². The first-order valence-electron chi connectivity index (χ1n) is 13.2. The van der Waals surface area contributed by atoms with E-state index in [1.807, 2.05) is 55.3 Å². The number of rotatable bonds is 8. The fraction of sp³-hybridized carbons (Fsp3) is 0.393. The number of H-pyrrole nitrogens is 1. The van der Waals surface area contributed by atoms with Crippen molar-refractivity contribution in [1.29, 1.82) is 0 Å². The maximum atomic E-state index is 12.3. The van der Waals surface area contributed by atoms with Crippen LogP contribution in [-0.4, -0.2) is 72.9 Å². The Balaban J connectivity index is 1.11. The molecule has 1 aliphatic carbocycles. The van der Waals surface area contributed by atoms with Crippen LogP contribution < -0.4 is 10.1 Å². The van der Waals surface area contributed by atoms with E-state index in [-0.39, 0.29) is 6.10 Å². The van der Waals surface area contributed by atoms with Gasteiger partial charge in [-0.25, -0.2) is 19.9 Å². The topological polar surface area (TPSA) is 112 Å². The van der Waals surface area contributed by atoms with Gasteiger partial charge in [-0.3, -0.25) is 9.69 Å². The monoisotopic (exact) mass is 512 g/mol. The second kappa shape index (κ2) is 10.4. The summed E-state index contributed by atoms with van der Waals surface area (Å²) in [4.78, 5) is 37.8. The number of carbonyl (C=O) groups excluding carboxylic acids is 1. The third-order valence-corrected chi connectivity index (χ3v) is 6.86. The van der Waals surface area contributed by atoms with Crippen molar-refractivity contribution in [3.05, 3.63) is 54.5 Å². The number of fused-ring (bicyclic) bond motifs is 1. The highest BCUT2D eigenvalue weighted by Gasteiger charge is 2.34. The van der Waals surface area contributed by atoms with Crippen LogP contribution in [0.1, 0.15) is 32.3 Å². The smallest absolute Gasteiger partial charge is 0.225 e. The minimum absolute atomic E-state index is 0.0430. The Labute approximate surface area is 221 Å². The van der Waals surface area contributed by atoms with E-state index in [1.54, 1.807) is 0 Å². The van der Waals surface area contributed by atoms with Gasteiger partial charge in [-0.1, -0.05) is 6.07 Å². The average Bonchev–Trinajstić information content (AvgIpc) is 3.68. The fourth-order valence-electron chi connectivity index (χ4n) is 4.77. The van der Waals surface area contributed by atoms with Gasteiger partial charge in [0.25, 0.3) is 0 Å². The van der Waals surface area contributed by atoms with Crippen LogP contribution in [0.4, 0.5) is 11.8 Å². The van der Waals surface area contributed by atoms with E-state index < -0.39 is 0 Å². The van der Waals surface area contributed by atoms with Crippen LogP contribution >= 0.6 is 0 Å². The molecule has 0 atom stereocenters. The van der Waals surface area contributed by atoms with E-state index in [4.69, 9.17) is 4.74 Å². The molecule has 0 bridgehead atoms. The van der Waals surface area contributed by atoms with Crippen LogP contribution in [0.15, 0.2) is 48.9 Å². The molecule has 2 N–H and O–H groups in total. The summed E-state index contributed by atoms with van der Waals surface area (Å²) < 4.78 is 5.71. The lowest BCUT2D eigenvalue weighted by Crippen LogP contribution is -2.48. The third-order valence-electron chi connectivity index (χ3n) is 6.86. The van der Waals surface area contributed by atoms with Crippen molar-refractivity contribution in [1.82, 2.24) is 34.7 Å². The highest BCUT2D eigenvalue weighted by Crippen LogP contribution is 2.31. The van der Waals surface area contributed by atoms with Crippen molar-refractivity contribution < 1.29 is 9.53 Å².